The van der Waals surface area contributed by atoms with Gasteiger partial charge in [0.15, 0.2) is 0 Å². The molecular formula is C8H7ClO5S. The summed E-state index contributed by atoms with van der Waals surface area (Å²) in [5.74, 6) is -1.85. The highest BCUT2D eigenvalue weighted by Gasteiger charge is 2.50. The third kappa shape index (κ3) is 1.97. The molecule has 0 aliphatic carbocycles. The molecule has 0 spiro atoms. The summed E-state index contributed by atoms with van der Waals surface area (Å²) in [5.41, 5.74) is -0.221. The Balaban J connectivity index is 3.46. The molecule has 0 amide bonds. The van der Waals surface area contributed by atoms with Gasteiger partial charge in [-0.2, -0.15) is 8.42 Å². The second kappa shape index (κ2) is 3.80. The number of hydrogen-bond acceptors (Lipinski definition) is 3. The van der Waals surface area contributed by atoms with Gasteiger partial charge in [0, 0.05) is 5.56 Å². The number of rotatable bonds is 3. The van der Waals surface area contributed by atoms with Crippen LogP contribution in [0.15, 0.2) is 30.3 Å². The standard InChI is InChI=1S/C8H7ClO5S/c9-8(7(10)11,15(12,13)14)6-4-2-1-3-5-6/h1-5H,(H,10,11)(H,12,13,14). The number of hydrogen-bond donors (Lipinski definition) is 2. The predicted octanol–water partition coefficient (Wildman–Crippen LogP) is 1.05. The van der Waals surface area contributed by atoms with Crippen LogP contribution in [0.25, 0.3) is 0 Å². The maximum Gasteiger partial charge on any atom is 0.347 e. The van der Waals surface area contributed by atoms with E-state index >= 15 is 0 Å². The number of alkyl halides is 1. The molecule has 2 N–H and O–H groups in total. The van der Waals surface area contributed by atoms with Crippen molar-refractivity contribution in [3.63, 3.8) is 0 Å². The quantitative estimate of drug-likeness (QED) is 0.618. The number of benzene rings is 1. The third-order valence-corrected chi connectivity index (χ3v) is 3.86. The van der Waals surface area contributed by atoms with E-state index in [0.29, 0.717) is 0 Å². The lowest BCUT2D eigenvalue weighted by Gasteiger charge is -2.18. The Morgan fingerprint density at radius 2 is 1.73 bits per heavy atom. The molecule has 0 saturated heterocycles. The zero-order valence-electron chi connectivity index (χ0n) is 7.29. The lowest BCUT2D eigenvalue weighted by atomic mass is 10.1. The van der Waals surface area contributed by atoms with Crippen LogP contribution in [0.3, 0.4) is 0 Å². The molecule has 1 aromatic rings. The van der Waals surface area contributed by atoms with Gasteiger partial charge >= 0.3 is 16.1 Å². The highest BCUT2D eigenvalue weighted by molar-refractivity contribution is 7.89. The molecule has 0 aliphatic rings. The van der Waals surface area contributed by atoms with Crippen molar-refractivity contribution in [1.29, 1.82) is 0 Å². The number of aliphatic carboxylic acids is 1. The number of carboxylic acids is 1. The number of halogens is 1. The average Bonchev–Trinajstić information content (AvgIpc) is 2.16. The summed E-state index contributed by atoms with van der Waals surface area (Å²) >= 11 is 5.44. The van der Waals surface area contributed by atoms with Crippen molar-refractivity contribution in [2.45, 2.75) is 4.21 Å². The van der Waals surface area contributed by atoms with Crippen molar-refractivity contribution >= 4 is 27.7 Å². The van der Waals surface area contributed by atoms with Gasteiger partial charge in [0.2, 0.25) is 0 Å². The van der Waals surface area contributed by atoms with Gasteiger partial charge in [-0.05, 0) is 0 Å². The normalized spacial score (nSPS) is 15.6. The molecule has 0 bridgehead atoms. The molecule has 1 unspecified atom stereocenters. The summed E-state index contributed by atoms with van der Waals surface area (Å²) in [6, 6.07) is 6.80. The third-order valence-electron chi connectivity index (χ3n) is 1.78. The second-order valence-electron chi connectivity index (χ2n) is 2.74. The molecule has 0 saturated carbocycles. The molecular weight excluding hydrogens is 244 g/mol. The van der Waals surface area contributed by atoms with Crippen molar-refractivity contribution in [1.82, 2.24) is 0 Å². The molecule has 82 valence electrons. The summed E-state index contributed by atoms with van der Waals surface area (Å²) in [6.45, 7) is 0. The van der Waals surface area contributed by atoms with Crippen LogP contribution >= 0.6 is 11.6 Å². The Hall–Kier alpha value is -1.11. The van der Waals surface area contributed by atoms with E-state index in [4.69, 9.17) is 21.3 Å². The monoisotopic (exact) mass is 250 g/mol. The summed E-state index contributed by atoms with van der Waals surface area (Å²) < 4.78 is 27.8. The lowest BCUT2D eigenvalue weighted by Crippen LogP contribution is -2.37. The maximum atomic E-state index is 10.9. The molecule has 0 radical (unpaired) electrons. The van der Waals surface area contributed by atoms with Crippen molar-refractivity contribution in [3.05, 3.63) is 35.9 Å². The van der Waals surface area contributed by atoms with Crippen LogP contribution in [0, 0.1) is 0 Å². The van der Waals surface area contributed by atoms with Gasteiger partial charge in [0.05, 0.1) is 0 Å². The van der Waals surface area contributed by atoms with E-state index in [2.05, 4.69) is 0 Å². The summed E-state index contributed by atoms with van der Waals surface area (Å²) in [4.78, 5) is 10.8. The second-order valence-corrected chi connectivity index (χ2v) is 5.10. The Labute approximate surface area is 91.0 Å². The summed E-state index contributed by atoms with van der Waals surface area (Å²) in [5, 5.41) is 8.75. The Bertz CT molecular complexity index is 469. The van der Waals surface area contributed by atoms with Gasteiger partial charge in [0.1, 0.15) is 0 Å². The maximum absolute atomic E-state index is 10.9. The van der Waals surface area contributed by atoms with Crippen molar-refractivity contribution in [3.8, 4) is 0 Å². The van der Waals surface area contributed by atoms with E-state index in [1.807, 2.05) is 0 Å². The van der Waals surface area contributed by atoms with Crippen LogP contribution in [0.4, 0.5) is 0 Å². The summed E-state index contributed by atoms with van der Waals surface area (Å²) in [6.07, 6.45) is 0. The van der Waals surface area contributed by atoms with E-state index in [9.17, 15) is 13.2 Å². The minimum atomic E-state index is -4.95. The molecule has 5 nitrogen and oxygen atoms in total. The molecule has 0 heterocycles. The van der Waals surface area contributed by atoms with Crippen LogP contribution in [-0.2, 0) is 19.1 Å². The first-order chi connectivity index (χ1) is 6.80. The first-order valence-electron chi connectivity index (χ1n) is 3.75. The fraction of sp³-hybridized carbons (Fsp3) is 0.125. The molecule has 15 heavy (non-hydrogen) atoms. The molecule has 0 aliphatic heterocycles. The van der Waals surface area contributed by atoms with Gasteiger partial charge in [-0.25, -0.2) is 4.79 Å². The van der Waals surface area contributed by atoms with Crippen LogP contribution in [-0.4, -0.2) is 24.0 Å². The van der Waals surface area contributed by atoms with Crippen molar-refractivity contribution < 1.29 is 22.9 Å². The first kappa shape index (κ1) is 12.0. The van der Waals surface area contributed by atoms with Crippen LogP contribution in [0.2, 0.25) is 0 Å². The Kier molecular flexibility index (Phi) is 3.03. The zero-order valence-corrected chi connectivity index (χ0v) is 8.86. The van der Waals surface area contributed by atoms with Crippen LogP contribution < -0.4 is 0 Å². The highest BCUT2D eigenvalue weighted by atomic mass is 35.5. The highest BCUT2D eigenvalue weighted by Crippen LogP contribution is 2.34. The fourth-order valence-electron chi connectivity index (χ4n) is 1.04. The van der Waals surface area contributed by atoms with Crippen molar-refractivity contribution in [2.75, 3.05) is 0 Å². The topological polar surface area (TPSA) is 91.7 Å². The minimum absolute atomic E-state index is 0.221. The SMILES string of the molecule is O=C(O)C(Cl)(c1ccccc1)S(=O)(=O)O. The zero-order chi connectivity index (χ0) is 11.7. The van der Waals surface area contributed by atoms with Gasteiger partial charge in [-0.1, -0.05) is 41.9 Å². The Morgan fingerprint density at radius 1 is 1.27 bits per heavy atom. The summed E-state index contributed by atoms with van der Waals surface area (Å²) in [7, 11) is -4.95. The average molecular weight is 251 g/mol. The molecule has 7 heteroatoms. The first-order valence-corrected chi connectivity index (χ1v) is 5.57. The molecule has 0 aromatic heterocycles. The van der Waals surface area contributed by atoms with E-state index in [0.717, 1.165) is 0 Å². The van der Waals surface area contributed by atoms with Gasteiger partial charge in [0.25, 0.3) is 4.21 Å². The fourth-order valence-corrected chi connectivity index (χ4v) is 1.82. The van der Waals surface area contributed by atoms with Gasteiger partial charge in [-0.3, -0.25) is 4.55 Å². The van der Waals surface area contributed by atoms with E-state index in [1.54, 1.807) is 6.07 Å². The lowest BCUT2D eigenvalue weighted by molar-refractivity contribution is -0.138. The molecule has 0 fully saturated rings. The van der Waals surface area contributed by atoms with Gasteiger partial charge < -0.3 is 5.11 Å². The van der Waals surface area contributed by atoms with Crippen molar-refractivity contribution in [2.24, 2.45) is 0 Å². The molecule has 1 rings (SSSR count). The smallest absolute Gasteiger partial charge is 0.347 e. The largest absolute Gasteiger partial charge is 0.479 e. The Morgan fingerprint density at radius 3 is 2.07 bits per heavy atom. The molecule has 1 atom stereocenters. The van der Waals surface area contributed by atoms with E-state index < -0.39 is 20.3 Å². The van der Waals surface area contributed by atoms with Crippen LogP contribution in [0.1, 0.15) is 5.56 Å². The van der Waals surface area contributed by atoms with Gasteiger partial charge in [-0.15, -0.1) is 0 Å². The predicted molar refractivity (Wildman–Crippen MR) is 53.2 cm³/mol. The molecule has 1 aromatic carbocycles. The van der Waals surface area contributed by atoms with E-state index in [-0.39, 0.29) is 5.56 Å². The van der Waals surface area contributed by atoms with E-state index in [1.165, 1.54) is 24.3 Å². The number of carbonyl (C=O) groups is 1. The van der Waals surface area contributed by atoms with Crippen LogP contribution in [0.5, 0.6) is 0 Å². The minimum Gasteiger partial charge on any atom is -0.479 e. The number of carboxylic acid groups (broad SMARTS) is 1.